The van der Waals surface area contributed by atoms with Crippen LogP contribution in [0.1, 0.15) is 11.3 Å². The second-order valence-electron chi connectivity index (χ2n) is 3.04. The number of halogens is 7. The average molecular weight is 296 g/mol. The van der Waals surface area contributed by atoms with E-state index in [0.29, 0.717) is 6.07 Å². The number of nitrogens with one attached hydrogen (secondary N) is 1. The van der Waals surface area contributed by atoms with Crippen LogP contribution in [0.4, 0.5) is 26.3 Å². The number of pyridine rings is 1. The van der Waals surface area contributed by atoms with Crippen LogP contribution in [0.2, 0.25) is 0 Å². The molecule has 0 aliphatic carbocycles. The third-order valence-electron chi connectivity index (χ3n) is 1.74. The van der Waals surface area contributed by atoms with Crippen molar-refractivity contribution in [1.82, 2.24) is 4.98 Å². The van der Waals surface area contributed by atoms with Crippen LogP contribution >= 0.6 is 11.6 Å². The second kappa shape index (κ2) is 4.71. The Morgan fingerprint density at radius 3 is 2.17 bits per heavy atom. The Morgan fingerprint density at radius 2 is 1.78 bits per heavy atom. The Morgan fingerprint density at radius 1 is 1.22 bits per heavy atom. The lowest BCUT2D eigenvalue weighted by Crippen LogP contribution is -2.25. The minimum absolute atomic E-state index is 0.308. The summed E-state index contributed by atoms with van der Waals surface area (Å²) in [6.45, 7) is 0. The molecule has 1 aromatic rings. The molecule has 3 nitrogen and oxygen atoms in total. The Labute approximate surface area is 100 Å². The van der Waals surface area contributed by atoms with E-state index < -0.39 is 41.0 Å². The fourth-order valence-electron chi connectivity index (χ4n) is 1.11. The van der Waals surface area contributed by atoms with Gasteiger partial charge in [-0.15, -0.1) is 24.8 Å². The number of aromatic amines is 1. The second-order valence-corrected chi connectivity index (χ2v) is 3.31. The maximum absolute atomic E-state index is 12.4. The number of aromatic nitrogens is 1. The molecule has 0 bridgehead atoms. The molecule has 0 radical (unpaired) electrons. The smallest absolute Gasteiger partial charge is 0.400 e. The molecule has 0 aromatic carbocycles. The summed E-state index contributed by atoms with van der Waals surface area (Å²) in [5.41, 5.74) is -3.87. The quantitative estimate of drug-likeness (QED) is 0.673. The van der Waals surface area contributed by atoms with Gasteiger partial charge < -0.3 is 9.72 Å². The number of ether oxygens (including phenoxy) is 1. The summed E-state index contributed by atoms with van der Waals surface area (Å²) in [7, 11) is 0. The SMILES string of the molecule is O=c1[nH]c(C(F)(F)F)c(CCl)cc1OC(F)(F)F. The van der Waals surface area contributed by atoms with Crippen molar-refractivity contribution in [2.24, 2.45) is 0 Å². The van der Waals surface area contributed by atoms with Crippen molar-refractivity contribution in [3.8, 4) is 5.75 Å². The molecule has 0 aliphatic heterocycles. The molecule has 0 amide bonds. The van der Waals surface area contributed by atoms with Crippen molar-refractivity contribution >= 4 is 11.6 Å². The summed E-state index contributed by atoms with van der Waals surface area (Å²) < 4.78 is 76.0. The van der Waals surface area contributed by atoms with Gasteiger partial charge in [0.15, 0.2) is 5.75 Å². The van der Waals surface area contributed by atoms with Gasteiger partial charge in [-0.1, -0.05) is 0 Å². The first kappa shape index (κ1) is 14.7. The van der Waals surface area contributed by atoms with Crippen molar-refractivity contribution in [2.75, 3.05) is 0 Å². The lowest BCUT2D eigenvalue weighted by molar-refractivity contribution is -0.275. The maximum atomic E-state index is 12.4. The third-order valence-corrected chi connectivity index (χ3v) is 2.03. The van der Waals surface area contributed by atoms with Gasteiger partial charge in [-0.2, -0.15) is 13.2 Å². The van der Waals surface area contributed by atoms with Gasteiger partial charge in [0.1, 0.15) is 5.69 Å². The largest absolute Gasteiger partial charge is 0.573 e. The molecule has 1 heterocycles. The van der Waals surface area contributed by atoms with E-state index in [4.69, 9.17) is 11.6 Å². The van der Waals surface area contributed by atoms with Gasteiger partial charge in [-0.05, 0) is 11.6 Å². The van der Waals surface area contributed by atoms with E-state index in [1.54, 1.807) is 0 Å². The molecular formula is C8H4ClF6NO2. The third kappa shape index (κ3) is 3.56. The van der Waals surface area contributed by atoms with Crippen LogP contribution in [-0.4, -0.2) is 11.3 Å². The van der Waals surface area contributed by atoms with Crippen molar-refractivity contribution in [1.29, 1.82) is 0 Å². The standard InChI is InChI=1S/C8H4ClF6NO2/c9-2-3-1-4(18-8(13,14)15)6(17)16-5(3)7(10,11)12/h1H,2H2,(H,16,17). The number of hydrogen-bond donors (Lipinski definition) is 1. The minimum Gasteiger partial charge on any atom is -0.400 e. The van der Waals surface area contributed by atoms with Crippen molar-refractivity contribution < 1.29 is 31.1 Å². The zero-order valence-corrected chi connectivity index (χ0v) is 9.00. The predicted octanol–water partition coefficient (Wildman–Crippen LogP) is 3.03. The van der Waals surface area contributed by atoms with E-state index in [1.165, 1.54) is 4.98 Å². The number of hydrogen-bond acceptors (Lipinski definition) is 2. The first-order valence-electron chi connectivity index (χ1n) is 4.19. The highest BCUT2D eigenvalue weighted by Gasteiger charge is 2.37. The number of H-pyrrole nitrogens is 1. The molecule has 1 rings (SSSR count). The molecule has 102 valence electrons. The van der Waals surface area contributed by atoms with E-state index >= 15 is 0 Å². The Balaban J connectivity index is 3.32. The molecule has 10 heteroatoms. The zero-order valence-electron chi connectivity index (χ0n) is 8.25. The van der Waals surface area contributed by atoms with Crippen LogP contribution in [0.25, 0.3) is 0 Å². The van der Waals surface area contributed by atoms with Crippen molar-refractivity contribution in [3.63, 3.8) is 0 Å². The topological polar surface area (TPSA) is 42.1 Å². The Hall–Kier alpha value is -1.38. The molecule has 0 atom stereocenters. The first-order chi connectivity index (χ1) is 8.04. The first-order valence-corrected chi connectivity index (χ1v) is 4.73. The van der Waals surface area contributed by atoms with Crippen molar-refractivity contribution in [2.45, 2.75) is 18.4 Å². The van der Waals surface area contributed by atoms with E-state index in [-0.39, 0.29) is 0 Å². The molecule has 0 saturated heterocycles. The van der Waals surface area contributed by atoms with Crippen LogP contribution in [-0.2, 0) is 12.1 Å². The van der Waals surface area contributed by atoms with E-state index in [2.05, 4.69) is 4.74 Å². The maximum Gasteiger partial charge on any atom is 0.573 e. The fraction of sp³-hybridized carbons (Fsp3) is 0.375. The molecule has 1 aromatic heterocycles. The summed E-state index contributed by atoms with van der Waals surface area (Å²) in [6, 6.07) is 0.308. The van der Waals surface area contributed by atoms with Crippen LogP contribution in [0.3, 0.4) is 0 Å². The monoisotopic (exact) mass is 295 g/mol. The van der Waals surface area contributed by atoms with E-state index in [9.17, 15) is 31.1 Å². The molecule has 0 aliphatic rings. The van der Waals surface area contributed by atoms with E-state index in [0.717, 1.165) is 0 Å². The Bertz CT molecular complexity index is 492. The van der Waals surface area contributed by atoms with Gasteiger partial charge in [-0.25, -0.2) is 0 Å². The summed E-state index contributed by atoms with van der Waals surface area (Å²) in [5.74, 6) is -2.04. The van der Waals surface area contributed by atoms with E-state index in [1.807, 2.05) is 0 Å². The normalized spacial score (nSPS) is 12.6. The van der Waals surface area contributed by atoms with Crippen LogP contribution in [0.15, 0.2) is 10.9 Å². The van der Waals surface area contributed by atoms with Crippen molar-refractivity contribution in [3.05, 3.63) is 27.7 Å². The number of alkyl halides is 7. The molecular weight excluding hydrogens is 292 g/mol. The summed E-state index contributed by atoms with van der Waals surface area (Å²) in [6.07, 6.45) is -10.1. The molecule has 0 fully saturated rings. The summed E-state index contributed by atoms with van der Waals surface area (Å²) >= 11 is 5.17. The molecule has 0 saturated carbocycles. The predicted molar refractivity (Wildman–Crippen MR) is 48.3 cm³/mol. The van der Waals surface area contributed by atoms with Gasteiger partial charge in [0.05, 0.1) is 0 Å². The van der Waals surface area contributed by atoms with Crippen LogP contribution < -0.4 is 10.3 Å². The number of rotatable bonds is 2. The molecule has 0 spiro atoms. The summed E-state index contributed by atoms with van der Waals surface area (Å²) in [5, 5.41) is 0. The lowest BCUT2D eigenvalue weighted by atomic mass is 10.2. The average Bonchev–Trinajstić information content (AvgIpc) is 2.17. The fourth-order valence-corrected chi connectivity index (χ4v) is 1.32. The Kier molecular flexibility index (Phi) is 3.84. The lowest BCUT2D eigenvalue weighted by Gasteiger charge is -2.13. The van der Waals surface area contributed by atoms with Crippen LogP contribution in [0.5, 0.6) is 5.75 Å². The molecule has 18 heavy (non-hydrogen) atoms. The van der Waals surface area contributed by atoms with Gasteiger partial charge in [-0.3, -0.25) is 4.79 Å². The van der Waals surface area contributed by atoms with Gasteiger partial charge in [0.2, 0.25) is 0 Å². The highest BCUT2D eigenvalue weighted by Crippen LogP contribution is 2.32. The molecule has 0 unspecified atom stereocenters. The van der Waals surface area contributed by atoms with Crippen LogP contribution in [0, 0.1) is 0 Å². The zero-order chi connectivity index (χ0) is 14.1. The highest BCUT2D eigenvalue weighted by atomic mass is 35.5. The van der Waals surface area contributed by atoms with Gasteiger partial charge in [0, 0.05) is 5.88 Å². The summed E-state index contributed by atoms with van der Waals surface area (Å²) in [4.78, 5) is 12.3. The highest BCUT2D eigenvalue weighted by molar-refractivity contribution is 6.17. The molecule has 1 N–H and O–H groups in total. The van der Waals surface area contributed by atoms with Gasteiger partial charge >= 0.3 is 12.5 Å². The minimum atomic E-state index is -5.18. The van der Waals surface area contributed by atoms with Gasteiger partial charge in [0.25, 0.3) is 5.56 Å².